The van der Waals surface area contributed by atoms with Gasteiger partial charge in [-0.25, -0.2) is 4.57 Å². The van der Waals surface area contributed by atoms with Gasteiger partial charge in [0.2, 0.25) is 5.69 Å². The SMILES string of the molecule is Cc1c2c(c(CC(C)(C)C)c3ccccc13)Oc1c3c-2[n+](C)ccc3cc2oc3c(CC(C)(C)C)cccc3c12. The van der Waals surface area contributed by atoms with Crippen molar-refractivity contribution in [2.24, 2.45) is 17.9 Å². The highest BCUT2D eigenvalue weighted by Gasteiger charge is 2.35. The zero-order valence-corrected chi connectivity index (χ0v) is 25.0. The van der Waals surface area contributed by atoms with Crippen molar-refractivity contribution in [3.05, 3.63) is 77.5 Å². The molecule has 0 aliphatic carbocycles. The summed E-state index contributed by atoms with van der Waals surface area (Å²) in [7, 11) is 2.16. The third-order valence-corrected chi connectivity index (χ3v) is 8.32. The lowest BCUT2D eigenvalue weighted by Gasteiger charge is -2.28. The van der Waals surface area contributed by atoms with Crippen molar-refractivity contribution in [1.29, 1.82) is 0 Å². The quantitative estimate of drug-likeness (QED) is 0.209. The molecule has 0 unspecified atom stereocenters. The highest BCUT2D eigenvalue weighted by molar-refractivity contribution is 6.19. The molecular formula is C37H38NO2+. The molecule has 1 aliphatic heterocycles. The van der Waals surface area contributed by atoms with Crippen LogP contribution in [0.4, 0.5) is 0 Å². The third-order valence-electron chi connectivity index (χ3n) is 8.32. The Balaban J connectivity index is 1.64. The van der Waals surface area contributed by atoms with E-state index in [-0.39, 0.29) is 10.8 Å². The van der Waals surface area contributed by atoms with Gasteiger partial charge in [0.05, 0.1) is 16.3 Å². The fourth-order valence-electron chi connectivity index (χ4n) is 6.79. The van der Waals surface area contributed by atoms with Gasteiger partial charge in [0.1, 0.15) is 24.0 Å². The van der Waals surface area contributed by atoms with E-state index in [0.717, 1.165) is 57.1 Å². The third kappa shape index (κ3) is 3.74. The first-order valence-corrected chi connectivity index (χ1v) is 14.4. The van der Waals surface area contributed by atoms with E-state index < -0.39 is 0 Å². The predicted octanol–water partition coefficient (Wildman–Crippen LogP) is 9.98. The largest absolute Gasteiger partial charge is 0.456 e. The Kier molecular flexibility index (Phi) is 5.24. The summed E-state index contributed by atoms with van der Waals surface area (Å²) in [5.41, 5.74) is 8.33. The molecule has 0 atom stereocenters. The molecule has 202 valence electrons. The first kappa shape index (κ1) is 25.1. The highest BCUT2D eigenvalue weighted by Crippen LogP contribution is 2.55. The first-order chi connectivity index (χ1) is 18.9. The average molecular weight is 529 g/mol. The van der Waals surface area contributed by atoms with Crippen molar-refractivity contribution >= 4 is 43.5 Å². The molecule has 0 radical (unpaired) electrons. The molecule has 6 aromatic rings. The van der Waals surface area contributed by atoms with Crippen LogP contribution in [0.15, 0.2) is 65.2 Å². The van der Waals surface area contributed by atoms with Crippen molar-refractivity contribution in [2.45, 2.75) is 61.3 Å². The number of pyridine rings is 1. The molecule has 0 saturated heterocycles. The molecule has 3 heterocycles. The van der Waals surface area contributed by atoms with Gasteiger partial charge in [-0.05, 0) is 58.6 Å². The van der Waals surface area contributed by atoms with Crippen LogP contribution in [0.2, 0.25) is 0 Å². The summed E-state index contributed by atoms with van der Waals surface area (Å²) in [5, 5.41) is 7.08. The van der Waals surface area contributed by atoms with Gasteiger partial charge in [0, 0.05) is 22.4 Å². The standard InChI is InChI=1S/C37H38NO2/c1-21-24-13-9-10-14-25(24)27(20-37(5,6)7)34-29(21)32-30-22(16-17-38(32)8)18-28-31(35(30)40-34)26-15-11-12-23(33(26)39-28)19-36(2,3)4/h9-18H,19-20H2,1-8H3/q+1. The number of benzene rings is 4. The van der Waals surface area contributed by atoms with Gasteiger partial charge in [0.15, 0.2) is 11.9 Å². The monoisotopic (exact) mass is 528 g/mol. The molecule has 0 spiro atoms. The second-order valence-corrected chi connectivity index (χ2v) is 14.1. The molecule has 0 saturated carbocycles. The summed E-state index contributed by atoms with van der Waals surface area (Å²) >= 11 is 0. The van der Waals surface area contributed by atoms with Crippen molar-refractivity contribution in [2.75, 3.05) is 0 Å². The van der Waals surface area contributed by atoms with Crippen LogP contribution >= 0.6 is 0 Å². The van der Waals surface area contributed by atoms with Crippen LogP contribution in [-0.4, -0.2) is 0 Å². The normalized spacial score (nSPS) is 13.4. The number of aryl methyl sites for hydroxylation is 2. The Labute approximate surface area is 236 Å². The second kappa shape index (κ2) is 8.33. The van der Waals surface area contributed by atoms with Crippen LogP contribution in [0.1, 0.15) is 58.2 Å². The minimum absolute atomic E-state index is 0.0971. The molecule has 40 heavy (non-hydrogen) atoms. The number of fused-ring (bicyclic) bond motifs is 7. The Bertz CT molecular complexity index is 2010. The summed E-state index contributed by atoms with van der Waals surface area (Å²) in [5.74, 6) is 1.91. The molecule has 3 heteroatoms. The average Bonchev–Trinajstić information content (AvgIpc) is 3.26. The van der Waals surface area contributed by atoms with Crippen LogP contribution in [0.25, 0.3) is 54.7 Å². The number of rotatable bonds is 2. The van der Waals surface area contributed by atoms with E-state index in [9.17, 15) is 0 Å². The molecule has 0 N–H and O–H groups in total. The van der Waals surface area contributed by atoms with Gasteiger partial charge in [-0.3, -0.25) is 0 Å². The molecule has 0 amide bonds. The predicted molar refractivity (Wildman–Crippen MR) is 166 cm³/mol. The molecule has 7 rings (SSSR count). The number of nitrogens with zero attached hydrogens (tertiary/aromatic N) is 1. The van der Waals surface area contributed by atoms with E-state index in [1.54, 1.807) is 0 Å². The molecule has 2 aromatic heterocycles. The van der Waals surface area contributed by atoms with E-state index in [4.69, 9.17) is 9.15 Å². The smallest absolute Gasteiger partial charge is 0.228 e. The summed E-state index contributed by atoms with van der Waals surface area (Å²) in [6, 6.07) is 19.8. The minimum Gasteiger partial charge on any atom is -0.456 e. The van der Waals surface area contributed by atoms with E-state index >= 15 is 0 Å². The van der Waals surface area contributed by atoms with E-state index in [0.29, 0.717) is 0 Å². The maximum Gasteiger partial charge on any atom is 0.228 e. The number of hydrogen-bond donors (Lipinski definition) is 0. The number of hydrogen-bond acceptors (Lipinski definition) is 2. The number of aromatic nitrogens is 1. The van der Waals surface area contributed by atoms with Gasteiger partial charge < -0.3 is 9.15 Å². The summed E-state index contributed by atoms with van der Waals surface area (Å²) in [4.78, 5) is 0. The number of ether oxygens (including phenoxy) is 1. The maximum atomic E-state index is 7.22. The van der Waals surface area contributed by atoms with Crippen LogP contribution in [-0.2, 0) is 19.9 Å². The zero-order chi connectivity index (χ0) is 28.1. The molecule has 1 aliphatic rings. The van der Waals surface area contributed by atoms with Gasteiger partial charge >= 0.3 is 0 Å². The molecule has 0 fully saturated rings. The Morgan fingerprint density at radius 2 is 1.45 bits per heavy atom. The van der Waals surface area contributed by atoms with Gasteiger partial charge in [-0.2, -0.15) is 0 Å². The zero-order valence-electron chi connectivity index (χ0n) is 25.0. The second-order valence-electron chi connectivity index (χ2n) is 14.1. The summed E-state index contributed by atoms with van der Waals surface area (Å²) < 4.78 is 16.2. The van der Waals surface area contributed by atoms with Crippen molar-refractivity contribution < 1.29 is 13.7 Å². The molecule has 0 bridgehead atoms. The topological polar surface area (TPSA) is 26.2 Å². The first-order valence-electron chi connectivity index (χ1n) is 14.4. The molecule has 4 aromatic carbocycles. The van der Waals surface area contributed by atoms with Crippen molar-refractivity contribution in [3.63, 3.8) is 0 Å². The number of para-hydroxylation sites is 1. The van der Waals surface area contributed by atoms with Gasteiger partial charge in [-0.1, -0.05) is 84.0 Å². The Morgan fingerprint density at radius 1 is 0.750 bits per heavy atom. The van der Waals surface area contributed by atoms with Crippen molar-refractivity contribution in [1.82, 2.24) is 0 Å². The molecule has 3 nitrogen and oxygen atoms in total. The molecular weight excluding hydrogens is 490 g/mol. The van der Waals surface area contributed by atoms with Crippen molar-refractivity contribution in [3.8, 4) is 22.8 Å². The fourth-order valence-corrected chi connectivity index (χ4v) is 6.79. The summed E-state index contributed by atoms with van der Waals surface area (Å²) in [6.45, 7) is 16.0. The maximum absolute atomic E-state index is 7.22. The Hall–Kier alpha value is -3.85. The summed E-state index contributed by atoms with van der Waals surface area (Å²) in [6.07, 6.45) is 4.04. The van der Waals surface area contributed by atoms with Crippen LogP contribution in [0.5, 0.6) is 11.5 Å². The van der Waals surface area contributed by atoms with E-state index in [1.807, 2.05) is 0 Å². The minimum atomic E-state index is 0.0971. The van der Waals surface area contributed by atoms with E-state index in [2.05, 4.69) is 121 Å². The lowest BCUT2D eigenvalue weighted by atomic mass is 9.81. The lowest BCUT2D eigenvalue weighted by molar-refractivity contribution is -0.659. The number of furan rings is 1. The van der Waals surface area contributed by atoms with Crippen LogP contribution < -0.4 is 9.30 Å². The Morgan fingerprint density at radius 3 is 2.17 bits per heavy atom. The van der Waals surface area contributed by atoms with Gasteiger partial charge in [-0.15, -0.1) is 0 Å². The van der Waals surface area contributed by atoms with Crippen LogP contribution in [0, 0.1) is 17.8 Å². The van der Waals surface area contributed by atoms with E-state index in [1.165, 1.54) is 38.7 Å². The van der Waals surface area contributed by atoms with Gasteiger partial charge in [0.25, 0.3) is 0 Å². The highest BCUT2D eigenvalue weighted by atomic mass is 16.5. The lowest BCUT2D eigenvalue weighted by Crippen LogP contribution is -2.32. The van der Waals surface area contributed by atoms with Crippen LogP contribution in [0.3, 0.4) is 0 Å². The fraction of sp³-hybridized carbons (Fsp3) is 0.324.